The number of nitrogens with zero attached hydrogens (tertiary/aromatic N) is 2. The summed E-state index contributed by atoms with van der Waals surface area (Å²) in [6.07, 6.45) is 1.94. The second kappa shape index (κ2) is 3.75. The van der Waals surface area contributed by atoms with Crippen LogP contribution in [-0.4, -0.2) is 9.97 Å². The summed E-state index contributed by atoms with van der Waals surface area (Å²) in [6.45, 7) is 2.14. The monoisotopic (exact) mass is 244 g/mol. The van der Waals surface area contributed by atoms with E-state index in [1.807, 2.05) is 30.5 Å². The SMILES string of the molecule is Cc1c2ccccc2nc2c1cnc1ccccc12. The van der Waals surface area contributed by atoms with Gasteiger partial charge in [-0.1, -0.05) is 36.4 Å². The van der Waals surface area contributed by atoms with Gasteiger partial charge in [0.1, 0.15) is 0 Å². The van der Waals surface area contributed by atoms with Crippen LogP contribution in [-0.2, 0) is 0 Å². The highest BCUT2D eigenvalue weighted by molar-refractivity contribution is 6.08. The molecule has 0 radical (unpaired) electrons. The van der Waals surface area contributed by atoms with Gasteiger partial charge < -0.3 is 0 Å². The van der Waals surface area contributed by atoms with Gasteiger partial charge in [-0.3, -0.25) is 4.98 Å². The Hall–Kier alpha value is -2.48. The topological polar surface area (TPSA) is 25.8 Å². The smallest absolute Gasteiger partial charge is 0.0821 e. The first-order chi connectivity index (χ1) is 9.34. The molecule has 0 atom stereocenters. The highest BCUT2D eigenvalue weighted by atomic mass is 14.7. The minimum atomic E-state index is 0.997. The number of para-hydroxylation sites is 2. The first kappa shape index (κ1) is 10.4. The van der Waals surface area contributed by atoms with Crippen LogP contribution in [0.5, 0.6) is 0 Å². The van der Waals surface area contributed by atoms with Gasteiger partial charge in [0.25, 0.3) is 0 Å². The zero-order valence-electron chi connectivity index (χ0n) is 10.6. The molecule has 0 spiro atoms. The van der Waals surface area contributed by atoms with Crippen LogP contribution < -0.4 is 0 Å². The molecule has 0 unspecified atom stereocenters. The van der Waals surface area contributed by atoms with E-state index in [0.717, 1.165) is 27.3 Å². The molecule has 4 aromatic rings. The molecule has 0 saturated heterocycles. The van der Waals surface area contributed by atoms with E-state index in [1.54, 1.807) is 0 Å². The van der Waals surface area contributed by atoms with Gasteiger partial charge in [0.05, 0.1) is 16.6 Å². The zero-order valence-corrected chi connectivity index (χ0v) is 10.6. The van der Waals surface area contributed by atoms with Gasteiger partial charge >= 0.3 is 0 Å². The molecule has 2 heterocycles. The number of hydrogen-bond acceptors (Lipinski definition) is 2. The largest absolute Gasteiger partial charge is 0.255 e. The quantitative estimate of drug-likeness (QED) is 0.341. The lowest BCUT2D eigenvalue weighted by atomic mass is 10.0. The van der Waals surface area contributed by atoms with E-state index in [0.29, 0.717) is 0 Å². The van der Waals surface area contributed by atoms with Crippen molar-refractivity contribution in [3.63, 3.8) is 0 Å². The Balaban J connectivity index is 2.32. The Bertz CT molecular complexity index is 926. The van der Waals surface area contributed by atoms with Crippen LogP contribution in [0.1, 0.15) is 5.56 Å². The van der Waals surface area contributed by atoms with Gasteiger partial charge in [-0.05, 0) is 24.6 Å². The second-order valence-electron chi connectivity index (χ2n) is 4.79. The van der Waals surface area contributed by atoms with Crippen LogP contribution in [0.2, 0.25) is 0 Å². The summed E-state index contributed by atoms with van der Waals surface area (Å²) in [4.78, 5) is 9.36. The molecule has 0 saturated carbocycles. The lowest BCUT2D eigenvalue weighted by Crippen LogP contribution is -1.90. The van der Waals surface area contributed by atoms with Gasteiger partial charge in [0, 0.05) is 22.4 Å². The van der Waals surface area contributed by atoms with Crippen LogP contribution >= 0.6 is 0 Å². The van der Waals surface area contributed by atoms with Crippen molar-refractivity contribution in [2.75, 3.05) is 0 Å². The van der Waals surface area contributed by atoms with Gasteiger partial charge in [-0.25, -0.2) is 4.98 Å². The van der Waals surface area contributed by atoms with Crippen molar-refractivity contribution < 1.29 is 0 Å². The minimum absolute atomic E-state index is 0.997. The average Bonchev–Trinajstić information content (AvgIpc) is 2.47. The third-order valence-corrected chi connectivity index (χ3v) is 3.69. The predicted octanol–water partition coefficient (Wildman–Crippen LogP) is 4.24. The molecule has 2 heteroatoms. The molecule has 0 bridgehead atoms. The number of pyridine rings is 2. The first-order valence-corrected chi connectivity index (χ1v) is 6.37. The van der Waals surface area contributed by atoms with Crippen molar-refractivity contribution in [2.24, 2.45) is 0 Å². The second-order valence-corrected chi connectivity index (χ2v) is 4.79. The van der Waals surface area contributed by atoms with E-state index < -0.39 is 0 Å². The fourth-order valence-electron chi connectivity index (χ4n) is 2.68. The number of aromatic nitrogens is 2. The van der Waals surface area contributed by atoms with E-state index in [2.05, 4.69) is 36.2 Å². The zero-order chi connectivity index (χ0) is 12.8. The molecule has 2 aromatic carbocycles. The van der Waals surface area contributed by atoms with E-state index in [-0.39, 0.29) is 0 Å². The van der Waals surface area contributed by atoms with E-state index in [9.17, 15) is 0 Å². The van der Waals surface area contributed by atoms with Crippen LogP contribution in [0, 0.1) is 6.92 Å². The summed E-state index contributed by atoms with van der Waals surface area (Å²) in [5.41, 5.74) is 4.33. The van der Waals surface area contributed by atoms with Gasteiger partial charge in [0.2, 0.25) is 0 Å². The Morgan fingerprint density at radius 3 is 2.26 bits per heavy atom. The van der Waals surface area contributed by atoms with Crippen molar-refractivity contribution in [3.8, 4) is 0 Å². The summed E-state index contributed by atoms with van der Waals surface area (Å²) in [6, 6.07) is 16.4. The van der Waals surface area contributed by atoms with Crippen molar-refractivity contribution in [3.05, 3.63) is 60.3 Å². The van der Waals surface area contributed by atoms with Crippen LogP contribution in [0.4, 0.5) is 0 Å². The molecule has 0 amide bonds. The number of rotatable bonds is 0. The number of benzene rings is 2. The fraction of sp³-hybridized carbons (Fsp3) is 0.0588. The molecule has 0 aliphatic rings. The Morgan fingerprint density at radius 2 is 1.42 bits per heavy atom. The summed E-state index contributed by atoms with van der Waals surface area (Å²) >= 11 is 0. The van der Waals surface area contributed by atoms with E-state index >= 15 is 0 Å². The van der Waals surface area contributed by atoms with Crippen molar-refractivity contribution >= 4 is 32.7 Å². The van der Waals surface area contributed by atoms with Crippen molar-refractivity contribution in [1.82, 2.24) is 9.97 Å². The Kier molecular flexibility index (Phi) is 2.06. The third kappa shape index (κ3) is 1.43. The summed E-state index contributed by atoms with van der Waals surface area (Å²) in [5.74, 6) is 0. The van der Waals surface area contributed by atoms with Gasteiger partial charge in [-0.2, -0.15) is 0 Å². The molecule has 90 valence electrons. The molecule has 0 fully saturated rings. The Morgan fingerprint density at radius 1 is 0.737 bits per heavy atom. The summed E-state index contributed by atoms with van der Waals surface area (Å²) in [5, 5.41) is 3.46. The lowest BCUT2D eigenvalue weighted by Gasteiger charge is -2.08. The number of aryl methyl sites for hydroxylation is 1. The maximum absolute atomic E-state index is 4.83. The molecule has 0 aliphatic carbocycles. The van der Waals surface area contributed by atoms with E-state index in [1.165, 1.54) is 10.9 Å². The maximum Gasteiger partial charge on any atom is 0.0821 e. The Labute approximate surface area is 110 Å². The van der Waals surface area contributed by atoms with Crippen LogP contribution in [0.3, 0.4) is 0 Å². The number of hydrogen-bond donors (Lipinski definition) is 0. The van der Waals surface area contributed by atoms with E-state index in [4.69, 9.17) is 4.98 Å². The minimum Gasteiger partial charge on any atom is -0.255 e. The highest BCUT2D eigenvalue weighted by Gasteiger charge is 2.08. The van der Waals surface area contributed by atoms with Crippen LogP contribution in [0.25, 0.3) is 32.7 Å². The predicted molar refractivity (Wildman–Crippen MR) is 79.3 cm³/mol. The molecule has 19 heavy (non-hydrogen) atoms. The number of fused-ring (bicyclic) bond motifs is 4. The third-order valence-electron chi connectivity index (χ3n) is 3.69. The van der Waals surface area contributed by atoms with Crippen molar-refractivity contribution in [2.45, 2.75) is 6.92 Å². The average molecular weight is 244 g/mol. The molecule has 0 aliphatic heterocycles. The maximum atomic E-state index is 4.83. The summed E-state index contributed by atoms with van der Waals surface area (Å²) < 4.78 is 0. The van der Waals surface area contributed by atoms with Crippen molar-refractivity contribution in [1.29, 1.82) is 0 Å². The lowest BCUT2D eigenvalue weighted by molar-refractivity contribution is 1.40. The molecule has 4 rings (SSSR count). The summed E-state index contributed by atoms with van der Waals surface area (Å²) in [7, 11) is 0. The first-order valence-electron chi connectivity index (χ1n) is 6.37. The fourth-order valence-corrected chi connectivity index (χ4v) is 2.68. The van der Waals surface area contributed by atoms with Crippen LogP contribution in [0.15, 0.2) is 54.7 Å². The van der Waals surface area contributed by atoms with Gasteiger partial charge in [-0.15, -0.1) is 0 Å². The normalized spacial score (nSPS) is 11.4. The molecular weight excluding hydrogens is 232 g/mol. The van der Waals surface area contributed by atoms with Gasteiger partial charge in [0.15, 0.2) is 0 Å². The highest BCUT2D eigenvalue weighted by Crippen LogP contribution is 2.28. The molecule has 2 nitrogen and oxygen atoms in total. The molecule has 0 N–H and O–H groups in total. The molecular formula is C17H12N2. The standard InChI is InChI=1S/C17H12N2/c1-11-12-6-2-5-9-16(12)19-17-13-7-3-4-8-15(13)18-10-14(11)17/h2-10H,1H3. The molecule has 2 aromatic heterocycles.